The molecule has 0 atom stereocenters. The molecule has 6 nitrogen and oxygen atoms in total. The van der Waals surface area contributed by atoms with Gasteiger partial charge in [-0.25, -0.2) is 10.4 Å². The molecule has 0 spiro atoms. The molecular formula is C22H14BrN5OS. The molecule has 0 fully saturated rings. The van der Waals surface area contributed by atoms with Crippen LogP contribution in [-0.2, 0) is 0 Å². The van der Waals surface area contributed by atoms with Gasteiger partial charge in [-0.3, -0.25) is 9.78 Å². The van der Waals surface area contributed by atoms with Crippen molar-refractivity contribution in [1.82, 2.24) is 20.4 Å². The molecule has 0 aliphatic heterocycles. The van der Waals surface area contributed by atoms with Crippen LogP contribution < -0.4 is 5.43 Å². The monoisotopic (exact) mass is 475 g/mol. The summed E-state index contributed by atoms with van der Waals surface area (Å²) in [6, 6.07) is 15.7. The Kier molecular flexibility index (Phi) is 4.86. The van der Waals surface area contributed by atoms with Crippen molar-refractivity contribution < 1.29 is 4.79 Å². The summed E-state index contributed by atoms with van der Waals surface area (Å²) < 4.78 is 0.989. The van der Waals surface area contributed by atoms with Crippen molar-refractivity contribution in [1.29, 1.82) is 0 Å². The molecule has 30 heavy (non-hydrogen) atoms. The first kappa shape index (κ1) is 18.7. The molecule has 2 N–H and O–H groups in total. The number of hydrogen-bond acceptors (Lipinski definition) is 5. The maximum Gasteiger partial charge on any atom is 0.290 e. The summed E-state index contributed by atoms with van der Waals surface area (Å²) in [5.41, 5.74) is 6.62. The van der Waals surface area contributed by atoms with Crippen molar-refractivity contribution in [3.8, 4) is 10.6 Å². The van der Waals surface area contributed by atoms with Crippen LogP contribution in [0.25, 0.3) is 32.4 Å². The Morgan fingerprint density at radius 3 is 3.00 bits per heavy atom. The highest BCUT2D eigenvalue weighted by molar-refractivity contribution is 9.10. The van der Waals surface area contributed by atoms with E-state index >= 15 is 0 Å². The molecule has 0 saturated heterocycles. The van der Waals surface area contributed by atoms with Crippen molar-refractivity contribution in [2.24, 2.45) is 5.10 Å². The lowest BCUT2D eigenvalue weighted by Gasteiger charge is -2.00. The smallest absolute Gasteiger partial charge is 0.290 e. The number of aromatic nitrogens is 3. The van der Waals surface area contributed by atoms with Crippen LogP contribution in [-0.4, -0.2) is 27.1 Å². The minimum absolute atomic E-state index is 0.330. The number of halogens is 1. The summed E-state index contributed by atoms with van der Waals surface area (Å²) in [7, 11) is 0. The molecule has 0 bridgehead atoms. The number of thiazole rings is 1. The topological polar surface area (TPSA) is 83.0 Å². The number of fused-ring (bicyclic) bond motifs is 2. The van der Waals surface area contributed by atoms with Crippen LogP contribution in [0.2, 0.25) is 0 Å². The zero-order valence-electron chi connectivity index (χ0n) is 15.5. The minimum Gasteiger partial charge on any atom is -0.360 e. The van der Waals surface area contributed by atoms with E-state index in [-0.39, 0.29) is 5.91 Å². The Balaban J connectivity index is 1.35. The fourth-order valence-corrected chi connectivity index (χ4v) is 4.41. The van der Waals surface area contributed by atoms with E-state index in [1.807, 2.05) is 54.7 Å². The molecule has 3 aromatic heterocycles. The second-order valence-electron chi connectivity index (χ2n) is 6.55. The Hall–Kier alpha value is -3.36. The van der Waals surface area contributed by atoms with Crippen LogP contribution in [0, 0.1) is 0 Å². The van der Waals surface area contributed by atoms with Gasteiger partial charge >= 0.3 is 0 Å². The lowest BCUT2D eigenvalue weighted by atomic mass is 10.1. The van der Waals surface area contributed by atoms with Crippen molar-refractivity contribution >= 4 is 61.2 Å². The Morgan fingerprint density at radius 2 is 2.07 bits per heavy atom. The number of benzene rings is 2. The van der Waals surface area contributed by atoms with E-state index in [0.717, 1.165) is 42.4 Å². The minimum atomic E-state index is -0.354. The molecule has 5 aromatic rings. The van der Waals surface area contributed by atoms with Gasteiger partial charge in [0.05, 0.1) is 11.7 Å². The first-order valence-electron chi connectivity index (χ1n) is 9.09. The third-order valence-corrected chi connectivity index (χ3v) is 6.03. The zero-order chi connectivity index (χ0) is 20.5. The van der Waals surface area contributed by atoms with E-state index in [4.69, 9.17) is 0 Å². The number of hydrogen-bond donors (Lipinski definition) is 2. The third kappa shape index (κ3) is 3.51. The first-order valence-corrected chi connectivity index (χ1v) is 10.8. The van der Waals surface area contributed by atoms with Crippen molar-refractivity contribution in [3.63, 3.8) is 0 Å². The molecule has 146 valence electrons. The van der Waals surface area contributed by atoms with Crippen LogP contribution in [0.4, 0.5) is 0 Å². The van der Waals surface area contributed by atoms with Crippen LogP contribution in [0.3, 0.4) is 0 Å². The number of H-pyrrole nitrogens is 1. The number of para-hydroxylation sites is 1. The van der Waals surface area contributed by atoms with Crippen LogP contribution in [0.15, 0.2) is 75.9 Å². The number of carbonyl (C=O) groups excluding carboxylic acids is 1. The van der Waals surface area contributed by atoms with Crippen LogP contribution >= 0.6 is 27.3 Å². The molecule has 0 aliphatic carbocycles. The average Bonchev–Trinajstić information content (AvgIpc) is 3.40. The Morgan fingerprint density at radius 1 is 1.17 bits per heavy atom. The van der Waals surface area contributed by atoms with Gasteiger partial charge in [-0.05, 0) is 30.3 Å². The van der Waals surface area contributed by atoms with Crippen molar-refractivity contribution in [3.05, 3.63) is 82.0 Å². The van der Waals surface area contributed by atoms with E-state index in [0.29, 0.717) is 5.69 Å². The fourth-order valence-electron chi connectivity index (χ4n) is 3.22. The molecule has 3 heterocycles. The molecule has 2 aromatic carbocycles. The highest BCUT2D eigenvalue weighted by atomic mass is 79.9. The number of amides is 1. The summed E-state index contributed by atoms with van der Waals surface area (Å²) in [5.74, 6) is -0.354. The lowest BCUT2D eigenvalue weighted by molar-refractivity contribution is 0.0951. The molecule has 1 amide bonds. The van der Waals surface area contributed by atoms with Crippen LogP contribution in [0.5, 0.6) is 0 Å². The second kappa shape index (κ2) is 7.81. The largest absolute Gasteiger partial charge is 0.360 e. The molecule has 0 saturated carbocycles. The number of nitrogens with zero attached hydrogens (tertiary/aromatic N) is 3. The third-order valence-electron chi connectivity index (χ3n) is 4.66. The zero-order valence-corrected chi connectivity index (χ0v) is 17.9. The molecule has 0 unspecified atom stereocenters. The number of rotatable bonds is 4. The van der Waals surface area contributed by atoms with Gasteiger partial charge in [-0.15, -0.1) is 11.3 Å². The maximum absolute atomic E-state index is 12.5. The quantitative estimate of drug-likeness (QED) is 0.270. The highest BCUT2D eigenvalue weighted by Gasteiger charge is 2.14. The standard InChI is InChI=1S/C22H14BrN5OS/c23-14-5-6-19-16(9-14)17(11-25-19)22-27-20(12-30-22)21(29)28-26-10-13-7-8-24-18-4-2-1-3-15(13)18/h1-12,25H,(H,28,29)/b26-10+. The predicted octanol–water partition coefficient (Wildman–Crippen LogP) is 5.37. The van der Waals surface area contributed by atoms with Gasteiger partial charge in [0.1, 0.15) is 10.7 Å². The number of carbonyl (C=O) groups is 1. The van der Waals surface area contributed by atoms with Gasteiger partial charge in [0.15, 0.2) is 0 Å². The average molecular weight is 476 g/mol. The Bertz CT molecular complexity index is 1420. The fraction of sp³-hybridized carbons (Fsp3) is 0. The van der Waals surface area contributed by atoms with Gasteiger partial charge < -0.3 is 4.98 Å². The van der Waals surface area contributed by atoms with Crippen molar-refractivity contribution in [2.45, 2.75) is 0 Å². The van der Waals surface area contributed by atoms with E-state index in [1.54, 1.807) is 17.8 Å². The molecule has 0 aliphatic rings. The number of hydrazone groups is 1. The molecule has 5 rings (SSSR count). The molecule has 0 radical (unpaired) electrons. The van der Waals surface area contributed by atoms with Crippen LogP contribution in [0.1, 0.15) is 16.1 Å². The lowest BCUT2D eigenvalue weighted by Crippen LogP contribution is -2.17. The van der Waals surface area contributed by atoms with E-state index in [1.165, 1.54) is 11.3 Å². The van der Waals surface area contributed by atoms with Gasteiger partial charge in [0, 0.05) is 49.7 Å². The van der Waals surface area contributed by atoms with Crippen molar-refractivity contribution in [2.75, 3.05) is 0 Å². The summed E-state index contributed by atoms with van der Waals surface area (Å²) in [6.07, 6.45) is 5.24. The maximum atomic E-state index is 12.5. The molecule has 8 heteroatoms. The van der Waals surface area contributed by atoms with Gasteiger partial charge in [0.2, 0.25) is 0 Å². The number of aromatic amines is 1. The summed E-state index contributed by atoms with van der Waals surface area (Å²) in [4.78, 5) is 24.5. The number of pyridine rings is 1. The Labute approximate surface area is 183 Å². The first-order chi connectivity index (χ1) is 14.7. The summed E-state index contributed by atoms with van der Waals surface area (Å²) in [6.45, 7) is 0. The summed E-state index contributed by atoms with van der Waals surface area (Å²) in [5, 5.41) is 8.63. The van der Waals surface area contributed by atoms with Gasteiger partial charge in [-0.2, -0.15) is 5.10 Å². The van der Waals surface area contributed by atoms with E-state index < -0.39 is 0 Å². The normalized spacial score (nSPS) is 11.5. The van der Waals surface area contributed by atoms with Gasteiger partial charge in [-0.1, -0.05) is 34.1 Å². The highest BCUT2D eigenvalue weighted by Crippen LogP contribution is 2.32. The predicted molar refractivity (Wildman–Crippen MR) is 124 cm³/mol. The molecular weight excluding hydrogens is 462 g/mol. The van der Waals surface area contributed by atoms with Gasteiger partial charge in [0.25, 0.3) is 5.91 Å². The summed E-state index contributed by atoms with van der Waals surface area (Å²) >= 11 is 4.92. The number of nitrogens with one attached hydrogen (secondary N) is 2. The van der Waals surface area contributed by atoms with E-state index in [2.05, 4.69) is 41.4 Å². The second-order valence-corrected chi connectivity index (χ2v) is 8.32. The SMILES string of the molecule is O=C(N/N=C/c1ccnc2ccccc12)c1csc(-c2c[nH]c3ccc(Br)cc23)n1. The van der Waals surface area contributed by atoms with E-state index in [9.17, 15) is 4.79 Å².